The third-order valence-corrected chi connectivity index (χ3v) is 2.62. The second kappa shape index (κ2) is 5.51. The maximum atomic E-state index is 12.6. The molecule has 1 aromatic heterocycles. The smallest absolute Gasteiger partial charge is 0.339 e. The highest BCUT2D eigenvalue weighted by molar-refractivity contribution is 5.65. The Hall–Kier alpha value is -3.06. The summed E-state index contributed by atoms with van der Waals surface area (Å²) in [6.45, 7) is 0. The lowest BCUT2D eigenvalue weighted by molar-refractivity contribution is -0.137. The van der Waals surface area contributed by atoms with Gasteiger partial charge in [0.2, 0.25) is 0 Å². The van der Waals surface area contributed by atoms with Gasteiger partial charge in [0.1, 0.15) is 18.0 Å². The Morgan fingerprint density at radius 2 is 1.81 bits per heavy atom. The van der Waals surface area contributed by atoms with Crippen molar-refractivity contribution in [1.82, 2.24) is 4.98 Å². The van der Waals surface area contributed by atoms with Crippen LogP contribution in [0.2, 0.25) is 0 Å². The minimum absolute atomic E-state index is 0.143. The Balaban J connectivity index is 2.32. The van der Waals surface area contributed by atoms with Crippen LogP contribution < -0.4 is 5.32 Å². The van der Waals surface area contributed by atoms with Crippen LogP contribution >= 0.6 is 0 Å². The van der Waals surface area contributed by atoms with Crippen molar-refractivity contribution in [3.8, 4) is 12.1 Å². The molecule has 0 aliphatic heterocycles. The molecule has 0 radical (unpaired) electrons. The number of benzene rings is 1. The fourth-order valence-corrected chi connectivity index (χ4v) is 1.59. The Labute approximate surface area is 118 Å². The minimum Gasteiger partial charge on any atom is -0.339 e. The second-order valence-electron chi connectivity index (χ2n) is 4.04. The van der Waals surface area contributed by atoms with E-state index in [9.17, 15) is 13.2 Å². The number of aromatic nitrogens is 1. The van der Waals surface area contributed by atoms with Crippen LogP contribution in [-0.2, 0) is 6.18 Å². The normalized spacial score (nSPS) is 10.5. The number of hydrogen-bond donors (Lipinski definition) is 1. The molecule has 21 heavy (non-hydrogen) atoms. The largest absolute Gasteiger partial charge is 0.416 e. The first kappa shape index (κ1) is 14.4. The Morgan fingerprint density at radius 1 is 1.05 bits per heavy atom. The molecular formula is C14H7F3N4. The van der Waals surface area contributed by atoms with Gasteiger partial charge in [-0.25, -0.2) is 4.98 Å². The molecule has 1 aromatic carbocycles. The fourth-order valence-electron chi connectivity index (χ4n) is 1.59. The van der Waals surface area contributed by atoms with E-state index in [1.165, 1.54) is 24.4 Å². The zero-order valence-corrected chi connectivity index (χ0v) is 10.4. The summed E-state index contributed by atoms with van der Waals surface area (Å²) in [6, 6.07) is 9.43. The molecule has 0 atom stereocenters. The lowest BCUT2D eigenvalue weighted by Crippen LogP contribution is -2.06. The number of nitrogens with one attached hydrogen (secondary N) is 1. The standard InChI is InChI=1S/C14H7F3N4/c15-14(16,17)11-2-3-12(10(5-11)7-19)21-13-4-1-9(6-18)8-20-13/h1-5,8H,(H,20,21). The van der Waals surface area contributed by atoms with Gasteiger partial charge in [-0.1, -0.05) is 0 Å². The number of halogens is 3. The average Bonchev–Trinajstić information content (AvgIpc) is 2.47. The van der Waals surface area contributed by atoms with E-state index in [1.54, 1.807) is 6.07 Å². The van der Waals surface area contributed by atoms with Gasteiger partial charge in [-0.2, -0.15) is 23.7 Å². The lowest BCUT2D eigenvalue weighted by atomic mass is 10.1. The Morgan fingerprint density at radius 3 is 2.33 bits per heavy atom. The number of anilines is 2. The first-order chi connectivity index (χ1) is 9.94. The van der Waals surface area contributed by atoms with E-state index in [2.05, 4.69) is 10.3 Å². The predicted molar refractivity (Wildman–Crippen MR) is 68.4 cm³/mol. The highest BCUT2D eigenvalue weighted by Crippen LogP contribution is 2.32. The summed E-state index contributed by atoms with van der Waals surface area (Å²) < 4.78 is 37.7. The summed E-state index contributed by atoms with van der Waals surface area (Å²) in [6.07, 6.45) is -3.19. The van der Waals surface area contributed by atoms with E-state index < -0.39 is 11.7 Å². The number of rotatable bonds is 2. The Bertz CT molecular complexity index is 737. The first-order valence-corrected chi connectivity index (χ1v) is 5.68. The summed E-state index contributed by atoms with van der Waals surface area (Å²) in [7, 11) is 0. The van der Waals surface area contributed by atoms with Gasteiger partial charge in [0.25, 0.3) is 0 Å². The molecule has 0 saturated carbocycles. The van der Waals surface area contributed by atoms with Crippen LogP contribution in [-0.4, -0.2) is 4.98 Å². The van der Waals surface area contributed by atoms with E-state index in [4.69, 9.17) is 10.5 Å². The molecule has 0 fully saturated rings. The van der Waals surface area contributed by atoms with Gasteiger partial charge >= 0.3 is 6.18 Å². The second-order valence-corrected chi connectivity index (χ2v) is 4.04. The molecule has 7 heteroatoms. The zero-order valence-electron chi connectivity index (χ0n) is 10.4. The molecule has 2 rings (SSSR count). The molecule has 0 aliphatic carbocycles. The highest BCUT2D eigenvalue weighted by atomic mass is 19.4. The van der Waals surface area contributed by atoms with Gasteiger partial charge in [0, 0.05) is 6.20 Å². The SMILES string of the molecule is N#Cc1ccc(Nc2ccc(C(F)(F)F)cc2C#N)nc1. The summed E-state index contributed by atoms with van der Waals surface area (Å²) in [4.78, 5) is 3.93. The lowest BCUT2D eigenvalue weighted by Gasteiger charge is -2.11. The van der Waals surface area contributed by atoms with Crippen molar-refractivity contribution in [2.75, 3.05) is 5.32 Å². The van der Waals surface area contributed by atoms with Crippen molar-refractivity contribution < 1.29 is 13.2 Å². The highest BCUT2D eigenvalue weighted by Gasteiger charge is 2.31. The minimum atomic E-state index is -4.50. The predicted octanol–water partition coefficient (Wildman–Crippen LogP) is 3.59. The summed E-state index contributed by atoms with van der Waals surface area (Å²) in [5.41, 5.74) is -0.468. The molecule has 104 valence electrons. The molecule has 0 unspecified atom stereocenters. The van der Waals surface area contributed by atoms with Crippen LogP contribution in [0.15, 0.2) is 36.5 Å². The van der Waals surface area contributed by atoms with Crippen molar-refractivity contribution in [2.45, 2.75) is 6.18 Å². The molecule has 0 amide bonds. The maximum absolute atomic E-state index is 12.6. The molecule has 1 heterocycles. The monoisotopic (exact) mass is 288 g/mol. The van der Waals surface area contributed by atoms with Crippen LogP contribution in [0.1, 0.15) is 16.7 Å². The van der Waals surface area contributed by atoms with Crippen LogP contribution in [0.5, 0.6) is 0 Å². The molecule has 2 aromatic rings. The summed E-state index contributed by atoms with van der Waals surface area (Å²) >= 11 is 0. The van der Waals surface area contributed by atoms with Gasteiger partial charge in [0.05, 0.1) is 22.4 Å². The number of alkyl halides is 3. The van der Waals surface area contributed by atoms with Crippen molar-refractivity contribution >= 4 is 11.5 Å². The number of nitrogens with zero attached hydrogens (tertiary/aromatic N) is 3. The van der Waals surface area contributed by atoms with E-state index >= 15 is 0 Å². The van der Waals surface area contributed by atoms with Crippen molar-refractivity contribution in [2.24, 2.45) is 0 Å². The molecule has 0 spiro atoms. The fraction of sp³-hybridized carbons (Fsp3) is 0.0714. The quantitative estimate of drug-likeness (QED) is 0.916. The maximum Gasteiger partial charge on any atom is 0.416 e. The Kier molecular flexibility index (Phi) is 3.77. The molecule has 0 bridgehead atoms. The topological polar surface area (TPSA) is 72.5 Å². The third-order valence-electron chi connectivity index (χ3n) is 2.62. The summed E-state index contributed by atoms with van der Waals surface area (Å²) in [5, 5.41) is 20.3. The van der Waals surface area contributed by atoms with E-state index in [0.29, 0.717) is 11.4 Å². The number of nitriles is 2. The number of hydrogen-bond acceptors (Lipinski definition) is 4. The molecule has 0 aliphatic rings. The van der Waals surface area contributed by atoms with Gasteiger partial charge in [-0.15, -0.1) is 0 Å². The van der Waals surface area contributed by atoms with Crippen molar-refractivity contribution in [3.05, 3.63) is 53.2 Å². The van der Waals surface area contributed by atoms with E-state index in [0.717, 1.165) is 12.1 Å². The van der Waals surface area contributed by atoms with Crippen LogP contribution in [0, 0.1) is 22.7 Å². The molecular weight excluding hydrogens is 281 g/mol. The van der Waals surface area contributed by atoms with Gasteiger partial charge in [-0.05, 0) is 30.3 Å². The molecule has 4 nitrogen and oxygen atoms in total. The van der Waals surface area contributed by atoms with E-state index in [-0.39, 0.29) is 11.3 Å². The van der Waals surface area contributed by atoms with Gasteiger partial charge in [0.15, 0.2) is 0 Å². The van der Waals surface area contributed by atoms with Gasteiger partial charge < -0.3 is 5.32 Å². The van der Waals surface area contributed by atoms with Crippen LogP contribution in [0.3, 0.4) is 0 Å². The van der Waals surface area contributed by atoms with Crippen LogP contribution in [0.25, 0.3) is 0 Å². The zero-order chi connectivity index (χ0) is 15.5. The third kappa shape index (κ3) is 3.28. The van der Waals surface area contributed by atoms with Crippen molar-refractivity contribution in [3.63, 3.8) is 0 Å². The average molecular weight is 288 g/mol. The summed E-state index contributed by atoms with van der Waals surface area (Å²) in [5.74, 6) is 0.324. The van der Waals surface area contributed by atoms with E-state index in [1.807, 2.05) is 6.07 Å². The molecule has 0 saturated heterocycles. The van der Waals surface area contributed by atoms with Crippen LogP contribution in [0.4, 0.5) is 24.7 Å². The molecule has 1 N–H and O–H groups in total. The first-order valence-electron chi connectivity index (χ1n) is 5.68. The van der Waals surface area contributed by atoms with Gasteiger partial charge in [-0.3, -0.25) is 0 Å². The number of pyridine rings is 1. The van der Waals surface area contributed by atoms with Crippen molar-refractivity contribution in [1.29, 1.82) is 10.5 Å².